The average molecular weight is 268 g/mol. The summed E-state index contributed by atoms with van der Waals surface area (Å²) in [5, 5.41) is 0. The largest absolute Gasteiger partial charge is 0.303 e. The summed E-state index contributed by atoms with van der Waals surface area (Å²) < 4.78 is 6.45. The molecule has 0 N–H and O–H groups in total. The molecule has 19 heavy (non-hydrogen) atoms. The lowest BCUT2D eigenvalue weighted by molar-refractivity contribution is 0.868. The number of hydrogen-bond donors (Lipinski definition) is 0. The molecule has 0 atom stereocenters. The van der Waals surface area contributed by atoms with Crippen molar-refractivity contribution in [2.24, 2.45) is 12.0 Å². The van der Waals surface area contributed by atoms with E-state index in [0.29, 0.717) is 5.82 Å². The van der Waals surface area contributed by atoms with Crippen LogP contribution in [0.3, 0.4) is 0 Å². The Hall–Kier alpha value is -2.27. The van der Waals surface area contributed by atoms with Crippen LogP contribution in [-0.2, 0) is 7.05 Å². The number of aromatic nitrogens is 3. The summed E-state index contributed by atoms with van der Waals surface area (Å²) in [5.41, 5.74) is 1.09. The quantitative estimate of drug-likeness (QED) is 0.717. The van der Waals surface area contributed by atoms with Gasteiger partial charge in [-0.1, -0.05) is 36.4 Å². The van der Waals surface area contributed by atoms with E-state index in [0.717, 1.165) is 16.2 Å². The summed E-state index contributed by atoms with van der Waals surface area (Å²) in [4.78, 5) is 9.52. The Morgan fingerprint density at radius 2 is 1.84 bits per heavy atom. The molecule has 2 aromatic heterocycles. The Bertz CT molecular complexity index is 729. The lowest BCUT2D eigenvalue weighted by Gasteiger charge is -1.99. The zero-order valence-corrected chi connectivity index (χ0v) is 11.2. The van der Waals surface area contributed by atoms with Crippen LogP contribution < -0.4 is 4.80 Å². The van der Waals surface area contributed by atoms with Gasteiger partial charge in [-0.05, 0) is 12.1 Å². The molecule has 4 nitrogen and oxygen atoms in total. The molecule has 0 saturated carbocycles. The van der Waals surface area contributed by atoms with Crippen LogP contribution in [-0.4, -0.2) is 13.9 Å². The minimum atomic E-state index is 0.696. The van der Waals surface area contributed by atoms with Crippen molar-refractivity contribution in [1.29, 1.82) is 0 Å². The predicted octanol–water partition coefficient (Wildman–Crippen LogP) is 2.78. The molecule has 94 valence electrons. The number of nitrogens with zero attached hydrogens (tertiary/aromatic N) is 4. The molecule has 0 saturated heterocycles. The fraction of sp³-hybridized carbons (Fsp3) is 0.0714. The number of benzene rings is 1. The molecule has 0 aliphatic rings. The monoisotopic (exact) mass is 268 g/mol. The van der Waals surface area contributed by atoms with Gasteiger partial charge in [0.2, 0.25) is 4.80 Å². The first-order chi connectivity index (χ1) is 9.34. The van der Waals surface area contributed by atoms with Crippen LogP contribution in [0.1, 0.15) is 0 Å². The third-order valence-corrected chi connectivity index (χ3v) is 3.50. The van der Waals surface area contributed by atoms with Crippen LogP contribution in [0.25, 0.3) is 11.4 Å². The Labute approximate surface area is 114 Å². The van der Waals surface area contributed by atoms with Gasteiger partial charge in [0.15, 0.2) is 11.6 Å². The second-order valence-corrected chi connectivity index (χ2v) is 4.74. The zero-order valence-electron chi connectivity index (χ0n) is 10.4. The Morgan fingerprint density at radius 3 is 2.58 bits per heavy atom. The Morgan fingerprint density at radius 1 is 1.05 bits per heavy atom. The van der Waals surface area contributed by atoms with Gasteiger partial charge in [-0.15, -0.1) is 0 Å². The maximum Gasteiger partial charge on any atom is 0.210 e. The van der Waals surface area contributed by atoms with E-state index >= 15 is 0 Å². The molecule has 0 fully saturated rings. The SMILES string of the molecule is Cn1c(-c2ccccc2)ns/c1=N/c1ccccn1. The number of rotatable bonds is 2. The van der Waals surface area contributed by atoms with Crippen molar-refractivity contribution < 1.29 is 0 Å². The van der Waals surface area contributed by atoms with Gasteiger partial charge in [0, 0.05) is 30.3 Å². The molecular weight excluding hydrogens is 256 g/mol. The Kier molecular flexibility index (Phi) is 3.20. The van der Waals surface area contributed by atoms with E-state index in [-0.39, 0.29) is 0 Å². The minimum Gasteiger partial charge on any atom is -0.303 e. The third kappa shape index (κ3) is 2.46. The Balaban J connectivity index is 2.07. The van der Waals surface area contributed by atoms with E-state index in [4.69, 9.17) is 0 Å². The number of hydrogen-bond acceptors (Lipinski definition) is 4. The van der Waals surface area contributed by atoms with Gasteiger partial charge in [0.1, 0.15) is 0 Å². The van der Waals surface area contributed by atoms with Crippen molar-refractivity contribution in [2.45, 2.75) is 0 Å². The molecule has 0 amide bonds. The standard InChI is InChI=1S/C14H12N4S/c1-18-13(11-7-3-2-4-8-11)17-19-14(18)16-12-9-5-6-10-15-12/h2-10H,1H3/b16-14+. The summed E-state index contributed by atoms with van der Waals surface area (Å²) in [6.45, 7) is 0. The first-order valence-electron chi connectivity index (χ1n) is 5.88. The summed E-state index contributed by atoms with van der Waals surface area (Å²) >= 11 is 1.37. The molecule has 0 aliphatic carbocycles. The summed E-state index contributed by atoms with van der Waals surface area (Å²) in [6.07, 6.45) is 1.73. The normalized spacial score (nSPS) is 11.7. The highest BCUT2D eigenvalue weighted by Gasteiger charge is 2.05. The fourth-order valence-electron chi connectivity index (χ4n) is 1.74. The molecule has 5 heteroatoms. The maximum absolute atomic E-state index is 4.49. The van der Waals surface area contributed by atoms with Crippen LogP contribution in [0, 0.1) is 0 Å². The fourth-order valence-corrected chi connectivity index (χ4v) is 2.48. The zero-order chi connectivity index (χ0) is 13.1. The van der Waals surface area contributed by atoms with Gasteiger partial charge in [0.25, 0.3) is 0 Å². The molecular formula is C14H12N4S. The summed E-state index contributed by atoms with van der Waals surface area (Å²) in [6, 6.07) is 15.8. The molecule has 1 aromatic carbocycles. The van der Waals surface area contributed by atoms with Crippen molar-refractivity contribution in [2.75, 3.05) is 0 Å². The first-order valence-corrected chi connectivity index (χ1v) is 6.66. The van der Waals surface area contributed by atoms with E-state index in [1.165, 1.54) is 11.5 Å². The van der Waals surface area contributed by atoms with Gasteiger partial charge in [-0.3, -0.25) is 0 Å². The van der Waals surface area contributed by atoms with Crippen LogP contribution in [0.4, 0.5) is 5.82 Å². The summed E-state index contributed by atoms with van der Waals surface area (Å²) in [5.74, 6) is 1.61. The molecule has 2 heterocycles. The maximum atomic E-state index is 4.49. The van der Waals surface area contributed by atoms with Crippen molar-refractivity contribution in [3.8, 4) is 11.4 Å². The third-order valence-electron chi connectivity index (χ3n) is 2.71. The first kappa shape index (κ1) is 11.8. The molecule has 3 rings (SSSR count). The van der Waals surface area contributed by atoms with Gasteiger partial charge < -0.3 is 4.57 Å². The minimum absolute atomic E-state index is 0.696. The van der Waals surface area contributed by atoms with Crippen molar-refractivity contribution in [3.05, 3.63) is 59.5 Å². The van der Waals surface area contributed by atoms with Crippen LogP contribution in [0.2, 0.25) is 0 Å². The molecule has 0 unspecified atom stereocenters. The van der Waals surface area contributed by atoms with Gasteiger partial charge in [-0.25, -0.2) is 4.98 Å². The second kappa shape index (κ2) is 5.16. The molecule has 0 aliphatic heterocycles. The molecule has 0 bridgehead atoms. The van der Waals surface area contributed by atoms with Crippen LogP contribution in [0.5, 0.6) is 0 Å². The lowest BCUT2D eigenvalue weighted by Crippen LogP contribution is -2.11. The van der Waals surface area contributed by atoms with Crippen LogP contribution in [0.15, 0.2) is 59.7 Å². The molecule has 0 spiro atoms. The van der Waals surface area contributed by atoms with E-state index in [2.05, 4.69) is 14.3 Å². The van der Waals surface area contributed by atoms with Crippen molar-refractivity contribution in [1.82, 2.24) is 13.9 Å². The highest BCUT2D eigenvalue weighted by atomic mass is 32.1. The topological polar surface area (TPSA) is 43.1 Å². The summed E-state index contributed by atoms with van der Waals surface area (Å²) in [7, 11) is 1.97. The van der Waals surface area contributed by atoms with Crippen LogP contribution >= 0.6 is 11.5 Å². The lowest BCUT2D eigenvalue weighted by atomic mass is 10.2. The molecule has 3 aromatic rings. The second-order valence-electron chi connectivity index (χ2n) is 4.01. The van der Waals surface area contributed by atoms with Gasteiger partial charge >= 0.3 is 0 Å². The highest BCUT2D eigenvalue weighted by Crippen LogP contribution is 2.15. The smallest absolute Gasteiger partial charge is 0.210 e. The van der Waals surface area contributed by atoms with E-state index < -0.39 is 0 Å². The van der Waals surface area contributed by atoms with E-state index in [1.807, 2.05) is 60.1 Å². The van der Waals surface area contributed by atoms with E-state index in [9.17, 15) is 0 Å². The highest BCUT2D eigenvalue weighted by molar-refractivity contribution is 7.03. The van der Waals surface area contributed by atoms with Crippen molar-refractivity contribution in [3.63, 3.8) is 0 Å². The van der Waals surface area contributed by atoms with Gasteiger partial charge in [-0.2, -0.15) is 9.37 Å². The van der Waals surface area contributed by atoms with E-state index in [1.54, 1.807) is 6.20 Å². The van der Waals surface area contributed by atoms with Crippen molar-refractivity contribution >= 4 is 17.4 Å². The van der Waals surface area contributed by atoms with Gasteiger partial charge in [0.05, 0.1) is 0 Å². The average Bonchev–Trinajstić information content (AvgIpc) is 2.82. The number of pyridine rings is 1. The molecule has 0 radical (unpaired) electrons. The predicted molar refractivity (Wildman–Crippen MR) is 76.0 cm³/mol.